The zero-order valence-electron chi connectivity index (χ0n) is 14.8. The van der Waals surface area contributed by atoms with Crippen LogP contribution < -0.4 is 19.5 Å². The van der Waals surface area contributed by atoms with Gasteiger partial charge < -0.3 is 19.3 Å². The number of hydrogen-bond acceptors (Lipinski definition) is 5. The summed E-state index contributed by atoms with van der Waals surface area (Å²) in [7, 11) is 0. The van der Waals surface area contributed by atoms with Crippen molar-refractivity contribution in [2.45, 2.75) is 25.6 Å². The summed E-state index contributed by atoms with van der Waals surface area (Å²) < 4.78 is 38.9. The number of rotatable bonds is 7. The van der Waals surface area contributed by atoms with Crippen LogP contribution in [0.5, 0.6) is 11.5 Å². The van der Waals surface area contributed by atoms with E-state index >= 15 is 0 Å². The maximum absolute atomic E-state index is 13.3. The lowest BCUT2D eigenvalue weighted by Crippen LogP contribution is -2.38. The highest BCUT2D eigenvalue weighted by Gasteiger charge is 2.21. The van der Waals surface area contributed by atoms with E-state index in [9.17, 15) is 8.94 Å². The van der Waals surface area contributed by atoms with Gasteiger partial charge in [-0.2, -0.15) is 0 Å². The fourth-order valence-corrected chi connectivity index (χ4v) is 3.44. The summed E-state index contributed by atoms with van der Waals surface area (Å²) in [5, 5.41) is 3.33. The molecule has 1 aliphatic rings. The Bertz CT molecular complexity index is 727. The number of halogens is 1. The quantitative estimate of drug-likeness (QED) is 0.726. The van der Waals surface area contributed by atoms with Gasteiger partial charge in [-0.25, -0.2) is 4.39 Å². The van der Waals surface area contributed by atoms with Crippen LogP contribution in [0.4, 0.5) is 4.39 Å². The van der Waals surface area contributed by atoms with Gasteiger partial charge in [-0.05, 0) is 30.2 Å². The summed E-state index contributed by atoms with van der Waals surface area (Å²) in [6.45, 7) is 3.71. The second-order valence-electron chi connectivity index (χ2n) is 6.31. The average Bonchev–Trinajstić information content (AvgIpc) is 2.61. The zero-order chi connectivity index (χ0) is 18.5. The Kier molecular flexibility index (Phi) is 6.37. The molecule has 2 N–H and O–H groups in total. The van der Waals surface area contributed by atoms with Crippen molar-refractivity contribution in [3.8, 4) is 11.5 Å². The average molecular weight is 378 g/mol. The Balaban J connectivity index is 1.46. The number of fused-ring (bicyclic) bond motifs is 1. The summed E-state index contributed by atoms with van der Waals surface area (Å²) >= 11 is -1.04. The van der Waals surface area contributed by atoms with Crippen LogP contribution in [0.15, 0.2) is 42.5 Å². The molecule has 0 amide bonds. The summed E-state index contributed by atoms with van der Waals surface area (Å²) in [4.78, 5) is 0. The van der Waals surface area contributed by atoms with Gasteiger partial charge in [0, 0.05) is 30.5 Å². The molecule has 0 bridgehead atoms. The second kappa shape index (κ2) is 8.73. The molecule has 0 fully saturated rings. The minimum absolute atomic E-state index is 0.0380. The molecule has 1 heterocycles. The smallest absolute Gasteiger partial charge is 0.164 e. The molecule has 2 aromatic carbocycles. The molecular formula is C19H23FN2O3S. The molecule has 0 saturated heterocycles. The Morgan fingerprint density at radius 1 is 1.23 bits per heavy atom. The molecule has 140 valence electrons. The van der Waals surface area contributed by atoms with Crippen LogP contribution in [0.3, 0.4) is 0 Å². The standard InChI is InChI=1S/C19H23FN2O3S/c1-13(22-26(2)23)15-5-3-14(4-6-15)10-21-11-17-12-24-18-8-7-16(20)9-19(18)25-17/h3-9,13,17,21-22H,10-12H2,1-2H3/t13-,17?,26?/m1/s1. The van der Waals surface area contributed by atoms with E-state index in [1.54, 1.807) is 12.3 Å². The first-order valence-electron chi connectivity index (χ1n) is 8.49. The first-order valence-corrected chi connectivity index (χ1v) is 10.0. The van der Waals surface area contributed by atoms with Crippen molar-refractivity contribution < 1.29 is 18.4 Å². The molecular weight excluding hydrogens is 355 g/mol. The zero-order valence-corrected chi connectivity index (χ0v) is 15.6. The second-order valence-corrected chi connectivity index (χ2v) is 7.45. The lowest BCUT2D eigenvalue weighted by molar-refractivity contribution is 0.0896. The number of ether oxygens (including phenoxy) is 2. The van der Waals surface area contributed by atoms with Gasteiger partial charge in [0.05, 0.1) is 6.04 Å². The highest BCUT2D eigenvalue weighted by Crippen LogP contribution is 2.31. The number of hydrogen-bond donors (Lipinski definition) is 2. The Morgan fingerprint density at radius 2 is 2.00 bits per heavy atom. The molecule has 7 heteroatoms. The molecule has 0 radical (unpaired) electrons. The third kappa shape index (κ3) is 5.11. The topological polar surface area (TPSA) is 65.6 Å². The Labute approximate surface area is 156 Å². The minimum Gasteiger partial charge on any atom is -0.598 e. The molecule has 1 aliphatic heterocycles. The van der Waals surface area contributed by atoms with Crippen molar-refractivity contribution in [2.75, 3.05) is 19.4 Å². The molecule has 0 aliphatic carbocycles. The van der Waals surface area contributed by atoms with E-state index in [1.165, 1.54) is 12.1 Å². The fourth-order valence-electron chi connectivity index (χ4n) is 2.81. The van der Waals surface area contributed by atoms with Gasteiger partial charge in [0.25, 0.3) is 0 Å². The maximum atomic E-state index is 13.3. The van der Waals surface area contributed by atoms with Crippen molar-refractivity contribution in [1.29, 1.82) is 0 Å². The van der Waals surface area contributed by atoms with Gasteiger partial charge in [0.1, 0.15) is 24.8 Å². The number of benzene rings is 2. The number of nitrogens with one attached hydrogen (secondary N) is 2. The predicted molar refractivity (Wildman–Crippen MR) is 100 cm³/mol. The van der Waals surface area contributed by atoms with Crippen LogP contribution >= 0.6 is 0 Å². The minimum atomic E-state index is -1.04. The monoisotopic (exact) mass is 378 g/mol. The lowest BCUT2D eigenvalue weighted by Gasteiger charge is -2.26. The van der Waals surface area contributed by atoms with E-state index in [4.69, 9.17) is 9.47 Å². The molecule has 3 atom stereocenters. The van der Waals surface area contributed by atoms with Crippen molar-refractivity contribution in [3.05, 3.63) is 59.4 Å². The van der Waals surface area contributed by atoms with E-state index in [-0.39, 0.29) is 18.0 Å². The predicted octanol–water partition coefficient (Wildman–Crippen LogP) is 2.70. The van der Waals surface area contributed by atoms with Crippen LogP contribution in [-0.2, 0) is 17.9 Å². The van der Waals surface area contributed by atoms with Crippen molar-refractivity contribution in [2.24, 2.45) is 0 Å². The molecule has 0 saturated carbocycles. The van der Waals surface area contributed by atoms with Crippen molar-refractivity contribution in [1.82, 2.24) is 10.0 Å². The van der Waals surface area contributed by atoms with E-state index < -0.39 is 11.4 Å². The van der Waals surface area contributed by atoms with Crippen LogP contribution in [0.2, 0.25) is 0 Å². The molecule has 26 heavy (non-hydrogen) atoms. The molecule has 3 rings (SSSR count). The summed E-state index contributed by atoms with van der Waals surface area (Å²) in [6.07, 6.45) is 1.46. The molecule has 5 nitrogen and oxygen atoms in total. The molecule has 2 aromatic rings. The normalized spacial score (nSPS) is 18.4. The van der Waals surface area contributed by atoms with Crippen LogP contribution in [0.25, 0.3) is 0 Å². The highest BCUT2D eigenvalue weighted by atomic mass is 32.2. The van der Waals surface area contributed by atoms with Gasteiger partial charge in [-0.15, -0.1) is 4.72 Å². The lowest BCUT2D eigenvalue weighted by atomic mass is 10.1. The Hall–Kier alpha value is -1.80. The summed E-state index contributed by atoms with van der Waals surface area (Å²) in [5.74, 6) is 0.688. The van der Waals surface area contributed by atoms with Crippen LogP contribution in [0.1, 0.15) is 24.1 Å². The first-order chi connectivity index (χ1) is 12.5. The van der Waals surface area contributed by atoms with E-state index in [1.807, 2.05) is 31.2 Å². The third-order valence-corrected chi connectivity index (χ3v) is 4.83. The molecule has 0 aromatic heterocycles. The van der Waals surface area contributed by atoms with Gasteiger partial charge >= 0.3 is 0 Å². The maximum Gasteiger partial charge on any atom is 0.164 e. The van der Waals surface area contributed by atoms with Gasteiger partial charge in [0.2, 0.25) is 0 Å². The summed E-state index contributed by atoms with van der Waals surface area (Å²) in [5.41, 5.74) is 2.23. The van der Waals surface area contributed by atoms with E-state index in [0.717, 1.165) is 11.1 Å². The third-order valence-electron chi connectivity index (χ3n) is 4.15. The molecule has 2 unspecified atom stereocenters. The fraction of sp³-hybridized carbons (Fsp3) is 0.368. The molecule has 0 spiro atoms. The van der Waals surface area contributed by atoms with Crippen LogP contribution in [0, 0.1) is 5.82 Å². The van der Waals surface area contributed by atoms with Gasteiger partial charge in [0.15, 0.2) is 11.5 Å². The van der Waals surface area contributed by atoms with E-state index in [0.29, 0.717) is 31.2 Å². The van der Waals surface area contributed by atoms with E-state index in [2.05, 4.69) is 10.0 Å². The Morgan fingerprint density at radius 3 is 2.73 bits per heavy atom. The highest BCUT2D eigenvalue weighted by molar-refractivity contribution is 7.88. The van der Waals surface area contributed by atoms with Gasteiger partial charge in [-0.3, -0.25) is 0 Å². The van der Waals surface area contributed by atoms with Gasteiger partial charge in [-0.1, -0.05) is 24.3 Å². The first kappa shape index (κ1) is 19.0. The summed E-state index contributed by atoms with van der Waals surface area (Å²) in [6, 6.07) is 12.5. The van der Waals surface area contributed by atoms with Crippen LogP contribution in [-0.4, -0.2) is 30.1 Å². The van der Waals surface area contributed by atoms with Crippen molar-refractivity contribution >= 4 is 11.4 Å². The SMILES string of the molecule is C[C@@H](N[S+](C)[O-])c1ccc(CNCC2COc3ccc(F)cc3O2)cc1. The largest absolute Gasteiger partial charge is 0.598 e. The van der Waals surface area contributed by atoms with Crippen molar-refractivity contribution in [3.63, 3.8) is 0 Å².